The van der Waals surface area contributed by atoms with Crippen molar-refractivity contribution in [3.8, 4) is 11.5 Å². The largest absolute Gasteiger partial charge is 0.493 e. The van der Waals surface area contributed by atoms with Crippen LogP contribution in [0.3, 0.4) is 0 Å². The third-order valence-corrected chi connectivity index (χ3v) is 4.34. The molecule has 0 saturated carbocycles. The van der Waals surface area contributed by atoms with E-state index in [4.69, 9.17) is 14.6 Å². The molecule has 1 aliphatic rings. The summed E-state index contributed by atoms with van der Waals surface area (Å²) in [5.74, 6) is 0.967. The zero-order valence-electron chi connectivity index (χ0n) is 14.3. The Morgan fingerprint density at radius 1 is 1.40 bits per heavy atom. The van der Waals surface area contributed by atoms with Gasteiger partial charge in [-0.15, -0.1) is 0 Å². The first-order chi connectivity index (χ1) is 12.2. The summed E-state index contributed by atoms with van der Waals surface area (Å²) in [7, 11) is 1.54. The molecule has 1 atom stereocenters. The quantitative estimate of drug-likeness (QED) is 0.863. The number of likely N-dealkylation sites (tertiary alicyclic amines) is 1. The molecule has 0 unspecified atom stereocenters. The van der Waals surface area contributed by atoms with Crippen molar-refractivity contribution in [3.63, 3.8) is 0 Å². The molecule has 7 nitrogen and oxygen atoms in total. The number of benzene rings is 1. The number of carbonyl (C=O) groups excluding carboxylic acids is 1. The molecule has 0 aliphatic carbocycles. The van der Waals surface area contributed by atoms with Gasteiger partial charge in [0.1, 0.15) is 6.61 Å². The van der Waals surface area contributed by atoms with Crippen LogP contribution < -0.4 is 9.47 Å². The Morgan fingerprint density at radius 2 is 2.28 bits per heavy atom. The van der Waals surface area contributed by atoms with Crippen molar-refractivity contribution in [3.05, 3.63) is 42.2 Å². The number of rotatable bonds is 6. The highest BCUT2D eigenvalue weighted by atomic mass is 16.5. The number of amides is 1. The minimum Gasteiger partial charge on any atom is -0.493 e. The van der Waals surface area contributed by atoms with E-state index in [1.165, 1.54) is 0 Å². The van der Waals surface area contributed by atoms with Crippen molar-refractivity contribution in [1.29, 1.82) is 0 Å². The number of nitrogens with zero attached hydrogens (tertiary/aromatic N) is 3. The Balaban J connectivity index is 1.75. The number of aromatic nitrogens is 2. The number of ether oxygens (including phenoxy) is 2. The van der Waals surface area contributed by atoms with E-state index in [9.17, 15) is 4.79 Å². The third kappa shape index (κ3) is 3.93. The van der Waals surface area contributed by atoms with Gasteiger partial charge in [-0.05, 0) is 37.1 Å². The molecule has 1 aliphatic heterocycles. The lowest BCUT2D eigenvalue weighted by Crippen LogP contribution is -2.40. The van der Waals surface area contributed by atoms with E-state index in [0.717, 1.165) is 19.4 Å². The monoisotopic (exact) mass is 345 g/mol. The van der Waals surface area contributed by atoms with E-state index in [2.05, 4.69) is 5.10 Å². The topological polar surface area (TPSA) is 76.8 Å². The first-order valence-corrected chi connectivity index (χ1v) is 8.43. The summed E-state index contributed by atoms with van der Waals surface area (Å²) in [6.07, 6.45) is 5.65. The van der Waals surface area contributed by atoms with Gasteiger partial charge in [0, 0.05) is 31.0 Å². The van der Waals surface area contributed by atoms with Crippen LogP contribution in [0.5, 0.6) is 11.5 Å². The van der Waals surface area contributed by atoms with E-state index in [1.807, 2.05) is 21.8 Å². The summed E-state index contributed by atoms with van der Waals surface area (Å²) in [6, 6.07) is 7.24. The van der Waals surface area contributed by atoms with Crippen molar-refractivity contribution in [2.24, 2.45) is 0 Å². The van der Waals surface area contributed by atoms with E-state index < -0.39 is 0 Å². The highest BCUT2D eigenvalue weighted by Gasteiger charge is 2.26. The Morgan fingerprint density at radius 3 is 3.00 bits per heavy atom. The fraction of sp³-hybridized carbons (Fsp3) is 0.444. The summed E-state index contributed by atoms with van der Waals surface area (Å²) in [5.41, 5.74) is 0.551. The SMILES string of the molecule is COc1ccc(C(=O)N2CCC[C@@H](n3cccn3)C2)cc1OCCO. The molecule has 0 bridgehead atoms. The molecule has 1 N–H and O–H groups in total. The molecule has 3 rings (SSSR count). The molecular weight excluding hydrogens is 322 g/mol. The maximum absolute atomic E-state index is 12.9. The van der Waals surface area contributed by atoms with Gasteiger partial charge in [0.15, 0.2) is 11.5 Å². The van der Waals surface area contributed by atoms with Crippen LogP contribution in [-0.4, -0.2) is 59.1 Å². The van der Waals surface area contributed by atoms with Gasteiger partial charge in [-0.25, -0.2) is 0 Å². The first kappa shape index (κ1) is 17.3. The summed E-state index contributed by atoms with van der Waals surface area (Å²) >= 11 is 0. The average Bonchev–Trinajstić information content (AvgIpc) is 3.20. The fourth-order valence-electron chi connectivity index (χ4n) is 3.11. The highest BCUT2D eigenvalue weighted by Crippen LogP contribution is 2.29. The molecule has 1 aromatic carbocycles. The Kier molecular flexibility index (Phi) is 5.55. The lowest BCUT2D eigenvalue weighted by molar-refractivity contribution is 0.0672. The molecule has 1 aromatic heterocycles. The maximum Gasteiger partial charge on any atom is 0.254 e. The lowest BCUT2D eigenvalue weighted by atomic mass is 10.0. The second kappa shape index (κ2) is 8.02. The van der Waals surface area contributed by atoms with Crippen molar-refractivity contribution in [1.82, 2.24) is 14.7 Å². The Bertz CT molecular complexity index is 702. The zero-order chi connectivity index (χ0) is 17.6. The van der Waals surface area contributed by atoms with Crippen LogP contribution in [0.4, 0.5) is 0 Å². The van der Waals surface area contributed by atoms with Crippen LogP contribution in [-0.2, 0) is 0 Å². The molecule has 1 fully saturated rings. The van der Waals surface area contributed by atoms with Crippen molar-refractivity contribution in [2.75, 3.05) is 33.4 Å². The molecule has 7 heteroatoms. The summed E-state index contributed by atoms with van der Waals surface area (Å²) in [6.45, 7) is 1.42. The number of hydrogen-bond acceptors (Lipinski definition) is 5. The number of methoxy groups -OCH3 is 1. The molecule has 2 heterocycles. The van der Waals surface area contributed by atoms with Gasteiger partial charge in [0.25, 0.3) is 5.91 Å². The smallest absolute Gasteiger partial charge is 0.254 e. The number of carbonyl (C=O) groups is 1. The molecule has 1 amide bonds. The fourth-order valence-corrected chi connectivity index (χ4v) is 3.11. The van der Waals surface area contributed by atoms with Crippen LogP contribution >= 0.6 is 0 Å². The third-order valence-electron chi connectivity index (χ3n) is 4.34. The Hall–Kier alpha value is -2.54. The van der Waals surface area contributed by atoms with Crippen LogP contribution in [0.25, 0.3) is 0 Å². The number of hydrogen-bond donors (Lipinski definition) is 1. The molecule has 134 valence electrons. The van der Waals surface area contributed by atoms with E-state index in [-0.39, 0.29) is 25.2 Å². The minimum atomic E-state index is -0.0982. The van der Waals surface area contributed by atoms with E-state index in [1.54, 1.807) is 31.5 Å². The van der Waals surface area contributed by atoms with Gasteiger partial charge in [-0.2, -0.15) is 5.10 Å². The summed E-state index contributed by atoms with van der Waals surface area (Å²) < 4.78 is 12.6. The zero-order valence-corrected chi connectivity index (χ0v) is 14.3. The van der Waals surface area contributed by atoms with Crippen molar-refractivity contribution < 1.29 is 19.4 Å². The van der Waals surface area contributed by atoms with Gasteiger partial charge in [0.05, 0.1) is 19.8 Å². The first-order valence-electron chi connectivity index (χ1n) is 8.43. The summed E-state index contributed by atoms with van der Waals surface area (Å²) in [5, 5.41) is 13.2. The van der Waals surface area contributed by atoms with Crippen LogP contribution in [0.15, 0.2) is 36.7 Å². The molecule has 0 spiro atoms. The molecule has 25 heavy (non-hydrogen) atoms. The van der Waals surface area contributed by atoms with E-state index >= 15 is 0 Å². The van der Waals surface area contributed by atoms with Gasteiger partial charge >= 0.3 is 0 Å². The maximum atomic E-state index is 12.9. The van der Waals surface area contributed by atoms with Gasteiger partial charge in [-0.1, -0.05) is 0 Å². The Labute approximate surface area is 146 Å². The van der Waals surface area contributed by atoms with Crippen molar-refractivity contribution >= 4 is 5.91 Å². The molecular formula is C18H23N3O4. The normalized spacial score (nSPS) is 17.4. The van der Waals surface area contributed by atoms with Gasteiger partial charge < -0.3 is 19.5 Å². The number of piperidine rings is 1. The molecule has 1 saturated heterocycles. The van der Waals surface area contributed by atoms with Crippen molar-refractivity contribution in [2.45, 2.75) is 18.9 Å². The predicted molar refractivity (Wildman–Crippen MR) is 92.0 cm³/mol. The standard InChI is InChI=1S/C18H23N3O4/c1-24-16-6-5-14(12-17(16)25-11-10-22)18(23)20-8-2-4-15(13-20)21-9-3-7-19-21/h3,5-7,9,12,15,22H,2,4,8,10-11,13H2,1H3/t15-/m1/s1. The van der Waals surface area contributed by atoms with Gasteiger partial charge in [0.2, 0.25) is 0 Å². The highest BCUT2D eigenvalue weighted by molar-refractivity contribution is 5.95. The second-order valence-corrected chi connectivity index (χ2v) is 5.97. The van der Waals surface area contributed by atoms with Crippen LogP contribution in [0.2, 0.25) is 0 Å². The average molecular weight is 345 g/mol. The van der Waals surface area contributed by atoms with Crippen LogP contribution in [0, 0.1) is 0 Å². The van der Waals surface area contributed by atoms with Crippen LogP contribution in [0.1, 0.15) is 29.2 Å². The summed E-state index contributed by atoms with van der Waals surface area (Å²) in [4.78, 5) is 14.7. The van der Waals surface area contributed by atoms with E-state index in [0.29, 0.717) is 23.6 Å². The van der Waals surface area contributed by atoms with Gasteiger partial charge in [-0.3, -0.25) is 9.48 Å². The molecule has 2 aromatic rings. The lowest BCUT2D eigenvalue weighted by Gasteiger charge is -2.33. The molecule has 0 radical (unpaired) electrons. The predicted octanol–water partition coefficient (Wildman–Crippen LogP) is 1.74. The number of aliphatic hydroxyl groups is 1. The number of aliphatic hydroxyl groups excluding tert-OH is 1. The second-order valence-electron chi connectivity index (χ2n) is 5.97. The minimum absolute atomic E-state index is 0.0339.